The lowest BCUT2D eigenvalue weighted by atomic mass is 9.91. The Balaban J connectivity index is 1.03. The normalized spacial score (nSPS) is 20.3. The van der Waals surface area contributed by atoms with Gasteiger partial charge in [0.2, 0.25) is 5.60 Å². The number of aldehydes is 1. The third kappa shape index (κ3) is 5.37. The number of aliphatic hydroxyl groups is 1. The van der Waals surface area contributed by atoms with Gasteiger partial charge < -0.3 is 19.5 Å². The second kappa shape index (κ2) is 11.7. The van der Waals surface area contributed by atoms with Gasteiger partial charge in [0.05, 0.1) is 28.5 Å². The second-order valence-corrected chi connectivity index (χ2v) is 13.2. The zero-order chi connectivity index (χ0) is 28.6. The van der Waals surface area contributed by atoms with Crippen LogP contribution in [0.5, 0.6) is 0 Å². The Labute approximate surface area is 246 Å². The SMILES string of the molecule is Cc1ccc([C@](O)(C(=O)OC2CCC(N(C)CCCn3nnc4cc(C=O)c5c(c43)COC5)CC2)c2cccs2)s1. The maximum absolute atomic E-state index is 13.4. The van der Waals surface area contributed by atoms with Crippen LogP contribution in [-0.2, 0) is 39.6 Å². The number of aryl methyl sites for hydroxylation is 2. The summed E-state index contributed by atoms with van der Waals surface area (Å²) in [6, 6.07) is 9.58. The fourth-order valence-electron chi connectivity index (χ4n) is 6.06. The molecule has 0 bridgehead atoms. The van der Waals surface area contributed by atoms with Gasteiger partial charge in [0.1, 0.15) is 11.6 Å². The first kappa shape index (κ1) is 28.2. The standard InChI is InChI=1S/C30H34N4O5S2/c1-19-6-11-27(41-19)30(37,26-5-3-14-40-26)29(36)39-22-9-7-21(8-10-22)33(2)12-4-13-34-28-24-18-38-17-23(24)20(16-35)15-25(28)31-32-34/h3,5-6,11,14-16,21-22,37H,4,7-10,12-13,17-18H2,1-2H3/t21?,22?,30-/m0/s1. The fraction of sp³-hybridized carbons (Fsp3) is 0.467. The van der Waals surface area contributed by atoms with Gasteiger partial charge in [0.15, 0.2) is 6.29 Å². The maximum atomic E-state index is 13.4. The zero-order valence-corrected chi connectivity index (χ0v) is 24.9. The van der Waals surface area contributed by atoms with Crippen molar-refractivity contribution in [1.82, 2.24) is 19.9 Å². The maximum Gasteiger partial charge on any atom is 0.349 e. The van der Waals surface area contributed by atoms with Crippen LogP contribution in [-0.4, -0.2) is 63.0 Å². The van der Waals surface area contributed by atoms with E-state index in [9.17, 15) is 14.7 Å². The summed E-state index contributed by atoms with van der Waals surface area (Å²) in [6.07, 6.45) is 4.95. The first-order valence-corrected chi connectivity index (χ1v) is 15.7. The molecule has 1 N–H and O–H groups in total. The molecule has 3 aromatic heterocycles. The average Bonchev–Trinajstić information content (AvgIpc) is 3.79. The monoisotopic (exact) mass is 594 g/mol. The molecular weight excluding hydrogens is 560 g/mol. The molecule has 1 saturated carbocycles. The van der Waals surface area contributed by atoms with Crippen molar-refractivity contribution in [2.24, 2.45) is 0 Å². The zero-order valence-electron chi connectivity index (χ0n) is 23.2. The predicted molar refractivity (Wildman–Crippen MR) is 157 cm³/mol. The van der Waals surface area contributed by atoms with Gasteiger partial charge in [-0.2, -0.15) is 0 Å². The Kier molecular flexibility index (Phi) is 8.06. The Bertz CT molecular complexity index is 1540. The molecule has 0 spiro atoms. The van der Waals surface area contributed by atoms with Crippen molar-refractivity contribution in [3.63, 3.8) is 0 Å². The molecule has 1 aromatic carbocycles. The van der Waals surface area contributed by atoms with Crippen LogP contribution in [0.1, 0.15) is 68.2 Å². The van der Waals surface area contributed by atoms with Gasteiger partial charge in [-0.05, 0) is 87.8 Å². The van der Waals surface area contributed by atoms with Crippen LogP contribution in [0, 0.1) is 6.92 Å². The van der Waals surface area contributed by atoms with Crippen LogP contribution in [0.2, 0.25) is 0 Å². The summed E-state index contributed by atoms with van der Waals surface area (Å²) in [5, 5.41) is 22.2. The number of benzene rings is 1. The smallest absolute Gasteiger partial charge is 0.349 e. The van der Waals surface area contributed by atoms with Crippen molar-refractivity contribution in [2.45, 2.75) is 76.5 Å². The van der Waals surface area contributed by atoms with Crippen LogP contribution in [0.15, 0.2) is 35.7 Å². The number of ether oxygens (including phenoxy) is 2. The van der Waals surface area contributed by atoms with E-state index < -0.39 is 11.6 Å². The number of hydrogen-bond acceptors (Lipinski definition) is 10. The van der Waals surface area contributed by atoms with Crippen molar-refractivity contribution in [3.05, 3.63) is 67.0 Å². The lowest BCUT2D eigenvalue weighted by Gasteiger charge is -2.35. The largest absolute Gasteiger partial charge is 0.460 e. The molecule has 0 saturated heterocycles. The molecule has 6 rings (SSSR count). The summed E-state index contributed by atoms with van der Waals surface area (Å²) < 4.78 is 13.5. The van der Waals surface area contributed by atoms with E-state index in [-0.39, 0.29) is 6.10 Å². The second-order valence-electron chi connectivity index (χ2n) is 11.0. The third-order valence-electron chi connectivity index (χ3n) is 8.36. The minimum atomic E-state index is -1.77. The lowest BCUT2D eigenvalue weighted by molar-refractivity contribution is -0.169. The number of nitrogens with zero attached hydrogens (tertiary/aromatic N) is 4. The summed E-state index contributed by atoms with van der Waals surface area (Å²) in [7, 11) is 2.15. The van der Waals surface area contributed by atoms with Crippen LogP contribution in [0.4, 0.5) is 0 Å². The Morgan fingerprint density at radius 3 is 2.73 bits per heavy atom. The number of carbonyl (C=O) groups excluding carboxylic acids is 2. The first-order valence-electron chi connectivity index (χ1n) is 14.0. The Morgan fingerprint density at radius 1 is 1.22 bits per heavy atom. The van der Waals surface area contributed by atoms with Crippen LogP contribution >= 0.6 is 22.7 Å². The number of esters is 1. The Morgan fingerprint density at radius 2 is 2.02 bits per heavy atom. The summed E-state index contributed by atoms with van der Waals surface area (Å²) >= 11 is 2.78. The minimum Gasteiger partial charge on any atom is -0.460 e. The molecule has 0 amide bonds. The molecule has 4 aromatic rings. The predicted octanol–water partition coefficient (Wildman–Crippen LogP) is 4.82. The van der Waals surface area contributed by atoms with E-state index in [1.165, 1.54) is 22.7 Å². The highest BCUT2D eigenvalue weighted by Crippen LogP contribution is 2.39. The Hall–Kier alpha value is -2.96. The number of aromatic nitrogens is 3. The highest BCUT2D eigenvalue weighted by molar-refractivity contribution is 7.13. The van der Waals surface area contributed by atoms with Crippen molar-refractivity contribution < 1.29 is 24.2 Å². The van der Waals surface area contributed by atoms with Crippen molar-refractivity contribution in [1.29, 1.82) is 0 Å². The molecule has 11 heteroatoms. The van der Waals surface area contributed by atoms with Crippen molar-refractivity contribution in [3.8, 4) is 0 Å². The molecule has 9 nitrogen and oxygen atoms in total. The number of rotatable bonds is 10. The minimum absolute atomic E-state index is 0.207. The van der Waals surface area contributed by atoms with Gasteiger partial charge in [0.25, 0.3) is 0 Å². The van der Waals surface area contributed by atoms with E-state index in [0.717, 1.165) is 78.5 Å². The van der Waals surface area contributed by atoms with E-state index >= 15 is 0 Å². The van der Waals surface area contributed by atoms with Gasteiger partial charge in [-0.3, -0.25) is 4.79 Å². The summed E-state index contributed by atoms with van der Waals surface area (Å²) in [5.74, 6) is -0.587. The van der Waals surface area contributed by atoms with Gasteiger partial charge >= 0.3 is 5.97 Å². The van der Waals surface area contributed by atoms with Crippen LogP contribution < -0.4 is 0 Å². The third-order valence-corrected chi connectivity index (χ3v) is 10.5. The summed E-state index contributed by atoms with van der Waals surface area (Å²) in [4.78, 5) is 29.5. The van der Waals surface area contributed by atoms with Gasteiger partial charge in [-0.15, -0.1) is 27.8 Å². The number of fused-ring (bicyclic) bond motifs is 3. The molecule has 41 heavy (non-hydrogen) atoms. The number of thiophene rings is 2. The van der Waals surface area contributed by atoms with E-state index in [1.54, 1.807) is 12.1 Å². The van der Waals surface area contributed by atoms with Crippen LogP contribution in [0.25, 0.3) is 11.0 Å². The summed E-state index contributed by atoms with van der Waals surface area (Å²) in [5.41, 5.74) is 2.54. The van der Waals surface area contributed by atoms with Crippen molar-refractivity contribution >= 4 is 46.0 Å². The summed E-state index contributed by atoms with van der Waals surface area (Å²) in [6.45, 7) is 4.52. The van der Waals surface area contributed by atoms with Crippen LogP contribution in [0.3, 0.4) is 0 Å². The van der Waals surface area contributed by atoms with Gasteiger partial charge in [0, 0.05) is 28.6 Å². The highest BCUT2D eigenvalue weighted by atomic mass is 32.1. The lowest BCUT2D eigenvalue weighted by Crippen LogP contribution is -2.42. The molecule has 1 aliphatic carbocycles. The number of carbonyl (C=O) groups is 2. The number of hydrogen-bond donors (Lipinski definition) is 1. The highest BCUT2D eigenvalue weighted by Gasteiger charge is 2.45. The van der Waals surface area contributed by atoms with E-state index in [1.807, 2.05) is 35.2 Å². The molecule has 1 fully saturated rings. The quantitative estimate of drug-likeness (QED) is 0.206. The first-order chi connectivity index (χ1) is 19.9. The van der Waals surface area contributed by atoms with E-state index in [4.69, 9.17) is 9.47 Å². The average molecular weight is 595 g/mol. The molecule has 0 unspecified atom stereocenters. The van der Waals surface area contributed by atoms with E-state index in [0.29, 0.717) is 34.6 Å². The van der Waals surface area contributed by atoms with Gasteiger partial charge in [-0.1, -0.05) is 11.3 Å². The fourth-order valence-corrected chi connectivity index (χ4v) is 7.91. The molecule has 216 valence electrons. The van der Waals surface area contributed by atoms with Gasteiger partial charge in [-0.25, -0.2) is 9.48 Å². The molecule has 1 aliphatic heterocycles. The molecule has 4 heterocycles. The molecular formula is C30H34N4O5S2. The van der Waals surface area contributed by atoms with Crippen molar-refractivity contribution in [2.75, 3.05) is 13.6 Å². The topological polar surface area (TPSA) is 107 Å². The molecule has 0 radical (unpaired) electrons. The molecule has 1 atom stereocenters. The molecule has 2 aliphatic rings. The van der Waals surface area contributed by atoms with E-state index in [2.05, 4.69) is 22.3 Å².